The van der Waals surface area contributed by atoms with Gasteiger partial charge in [-0.1, -0.05) is 0 Å². The zero-order valence-electron chi connectivity index (χ0n) is 7.07. The number of aryl methyl sites for hydroxylation is 1. The first kappa shape index (κ1) is 11.7. The molecule has 0 fully saturated rings. The van der Waals surface area contributed by atoms with Gasteiger partial charge in [-0.15, -0.1) is 12.4 Å². The summed E-state index contributed by atoms with van der Waals surface area (Å²) in [5, 5.41) is 8.62. The number of hydrogen-bond acceptors (Lipinski definition) is 3. The van der Waals surface area contributed by atoms with Gasteiger partial charge in [-0.2, -0.15) is 0 Å². The van der Waals surface area contributed by atoms with Gasteiger partial charge in [0.05, 0.1) is 11.3 Å². The molecule has 13 heavy (non-hydrogen) atoms. The van der Waals surface area contributed by atoms with Crippen molar-refractivity contribution in [1.29, 1.82) is 0 Å². The molecular formula is C8H11ClN2O2. The predicted octanol–water partition coefficient (Wildman–Crippen LogP) is 1.40. The average molecular weight is 203 g/mol. The van der Waals surface area contributed by atoms with Crippen molar-refractivity contribution in [3.63, 3.8) is 0 Å². The Morgan fingerprint density at radius 1 is 1.54 bits per heavy atom. The number of nitrogen functional groups attached to an aromatic ring is 1. The number of rotatable bonds is 2. The van der Waals surface area contributed by atoms with E-state index in [1.807, 2.05) is 0 Å². The van der Waals surface area contributed by atoms with Gasteiger partial charge in [0.25, 0.3) is 0 Å². The van der Waals surface area contributed by atoms with Gasteiger partial charge in [-0.25, -0.2) is 4.79 Å². The number of carboxylic acids is 1. The first-order valence-corrected chi connectivity index (χ1v) is 3.45. The molecule has 0 aliphatic heterocycles. The fraction of sp³-hybridized carbons (Fsp3) is 0.125. The van der Waals surface area contributed by atoms with Crippen molar-refractivity contribution in [3.05, 3.63) is 29.3 Å². The normalized spacial score (nSPS) is 8.77. The van der Waals surface area contributed by atoms with Gasteiger partial charge in [0.2, 0.25) is 0 Å². The standard InChI is InChI=1S/C8H10N2O2.ClH/c1-5-4-6(8(11)12)2-3-7(5)10-9;/h2-4,10H,9H2,1H3,(H,11,12);1H. The highest BCUT2D eigenvalue weighted by atomic mass is 35.5. The van der Waals surface area contributed by atoms with Gasteiger partial charge in [-0.3, -0.25) is 5.84 Å². The van der Waals surface area contributed by atoms with Crippen LogP contribution in [0.1, 0.15) is 15.9 Å². The Kier molecular flexibility index (Phi) is 4.23. The monoisotopic (exact) mass is 202 g/mol. The van der Waals surface area contributed by atoms with Crippen molar-refractivity contribution in [2.45, 2.75) is 6.92 Å². The van der Waals surface area contributed by atoms with E-state index >= 15 is 0 Å². The molecule has 0 heterocycles. The molecule has 0 atom stereocenters. The zero-order chi connectivity index (χ0) is 9.14. The molecule has 72 valence electrons. The molecule has 0 saturated carbocycles. The maximum absolute atomic E-state index is 10.5. The van der Waals surface area contributed by atoms with E-state index in [1.165, 1.54) is 6.07 Å². The van der Waals surface area contributed by atoms with Crippen molar-refractivity contribution in [2.75, 3.05) is 5.43 Å². The first-order valence-electron chi connectivity index (χ1n) is 3.45. The van der Waals surface area contributed by atoms with Crippen LogP contribution in [0.3, 0.4) is 0 Å². The maximum atomic E-state index is 10.5. The summed E-state index contributed by atoms with van der Waals surface area (Å²) in [6.45, 7) is 1.79. The Morgan fingerprint density at radius 2 is 2.15 bits per heavy atom. The number of anilines is 1. The van der Waals surface area contributed by atoms with Gasteiger partial charge in [0, 0.05) is 0 Å². The fourth-order valence-electron chi connectivity index (χ4n) is 0.959. The second-order valence-corrected chi connectivity index (χ2v) is 2.48. The second-order valence-electron chi connectivity index (χ2n) is 2.48. The molecule has 0 unspecified atom stereocenters. The van der Waals surface area contributed by atoms with E-state index in [-0.39, 0.29) is 18.0 Å². The van der Waals surface area contributed by atoms with Crippen LogP contribution in [0.4, 0.5) is 5.69 Å². The van der Waals surface area contributed by atoms with Crippen LogP contribution in [0, 0.1) is 6.92 Å². The lowest BCUT2D eigenvalue weighted by molar-refractivity contribution is 0.0697. The summed E-state index contributed by atoms with van der Waals surface area (Å²) in [6, 6.07) is 4.71. The summed E-state index contributed by atoms with van der Waals surface area (Å²) < 4.78 is 0. The van der Waals surface area contributed by atoms with Crippen molar-refractivity contribution >= 4 is 24.1 Å². The van der Waals surface area contributed by atoms with E-state index in [2.05, 4.69) is 5.43 Å². The molecule has 0 saturated heterocycles. The number of halogens is 1. The minimum Gasteiger partial charge on any atom is -0.478 e. The quantitative estimate of drug-likeness (QED) is 0.501. The van der Waals surface area contributed by atoms with Crippen molar-refractivity contribution in [2.24, 2.45) is 5.84 Å². The third kappa shape index (κ3) is 2.61. The van der Waals surface area contributed by atoms with Crippen LogP contribution in [0.5, 0.6) is 0 Å². The molecule has 0 aromatic heterocycles. The molecule has 1 rings (SSSR count). The van der Waals surface area contributed by atoms with Crippen LogP contribution >= 0.6 is 12.4 Å². The number of carbonyl (C=O) groups is 1. The largest absolute Gasteiger partial charge is 0.478 e. The Hall–Kier alpha value is -1.26. The van der Waals surface area contributed by atoms with Crippen LogP contribution in [0.15, 0.2) is 18.2 Å². The minimum absolute atomic E-state index is 0. The highest BCUT2D eigenvalue weighted by Gasteiger charge is 2.03. The van der Waals surface area contributed by atoms with Crippen molar-refractivity contribution in [1.82, 2.24) is 0 Å². The van der Waals surface area contributed by atoms with E-state index in [4.69, 9.17) is 10.9 Å². The number of nitrogens with one attached hydrogen (secondary N) is 1. The van der Waals surface area contributed by atoms with Crippen LogP contribution in [-0.2, 0) is 0 Å². The second kappa shape index (κ2) is 4.69. The highest BCUT2D eigenvalue weighted by Crippen LogP contribution is 2.14. The number of hydrogen-bond donors (Lipinski definition) is 3. The van der Waals surface area contributed by atoms with Gasteiger partial charge in [-0.05, 0) is 30.7 Å². The molecule has 0 bridgehead atoms. The van der Waals surface area contributed by atoms with E-state index < -0.39 is 5.97 Å². The molecule has 1 aromatic rings. The molecule has 5 heteroatoms. The van der Waals surface area contributed by atoms with Crippen LogP contribution in [-0.4, -0.2) is 11.1 Å². The van der Waals surface area contributed by atoms with Crippen molar-refractivity contribution < 1.29 is 9.90 Å². The minimum atomic E-state index is -0.929. The predicted molar refractivity (Wildman–Crippen MR) is 53.2 cm³/mol. The molecule has 4 N–H and O–H groups in total. The Labute approximate surface area is 82.1 Å². The van der Waals surface area contributed by atoms with E-state index in [0.29, 0.717) is 0 Å². The third-order valence-corrected chi connectivity index (χ3v) is 1.63. The van der Waals surface area contributed by atoms with E-state index in [0.717, 1.165) is 11.3 Å². The Morgan fingerprint density at radius 3 is 2.54 bits per heavy atom. The first-order chi connectivity index (χ1) is 5.65. The lowest BCUT2D eigenvalue weighted by atomic mass is 10.1. The summed E-state index contributed by atoms with van der Waals surface area (Å²) in [5.74, 6) is 4.25. The van der Waals surface area contributed by atoms with Gasteiger partial charge in [0.15, 0.2) is 0 Å². The summed E-state index contributed by atoms with van der Waals surface area (Å²) in [5.41, 5.74) is 4.29. The summed E-state index contributed by atoms with van der Waals surface area (Å²) in [4.78, 5) is 10.5. The molecule has 0 amide bonds. The fourth-order valence-corrected chi connectivity index (χ4v) is 0.959. The lowest BCUT2D eigenvalue weighted by Gasteiger charge is -2.04. The summed E-state index contributed by atoms with van der Waals surface area (Å²) in [6.07, 6.45) is 0. The topological polar surface area (TPSA) is 75.3 Å². The van der Waals surface area contributed by atoms with Gasteiger partial charge >= 0.3 is 5.97 Å². The Bertz CT molecular complexity index is 315. The molecule has 0 aliphatic rings. The lowest BCUT2D eigenvalue weighted by Crippen LogP contribution is -2.08. The smallest absolute Gasteiger partial charge is 0.335 e. The maximum Gasteiger partial charge on any atom is 0.335 e. The van der Waals surface area contributed by atoms with Gasteiger partial charge < -0.3 is 10.5 Å². The number of hydrazine groups is 1. The molecule has 0 spiro atoms. The number of benzene rings is 1. The number of carboxylic acid groups (broad SMARTS) is 1. The third-order valence-electron chi connectivity index (χ3n) is 1.63. The van der Waals surface area contributed by atoms with Crippen LogP contribution in [0.2, 0.25) is 0 Å². The van der Waals surface area contributed by atoms with E-state index in [9.17, 15) is 4.79 Å². The van der Waals surface area contributed by atoms with Gasteiger partial charge in [0.1, 0.15) is 0 Å². The Balaban J connectivity index is 0.00000144. The molecule has 4 nitrogen and oxygen atoms in total. The summed E-state index contributed by atoms with van der Waals surface area (Å²) >= 11 is 0. The summed E-state index contributed by atoms with van der Waals surface area (Å²) in [7, 11) is 0. The van der Waals surface area contributed by atoms with Crippen LogP contribution < -0.4 is 11.3 Å². The SMILES string of the molecule is Cc1cc(C(=O)O)ccc1NN.Cl. The molecule has 0 aliphatic carbocycles. The van der Waals surface area contributed by atoms with Crippen molar-refractivity contribution in [3.8, 4) is 0 Å². The van der Waals surface area contributed by atoms with E-state index in [1.54, 1.807) is 19.1 Å². The molecular weight excluding hydrogens is 192 g/mol. The molecule has 0 radical (unpaired) electrons. The zero-order valence-corrected chi connectivity index (χ0v) is 7.89. The number of nitrogens with two attached hydrogens (primary N) is 1. The number of aromatic carboxylic acids is 1. The molecule has 1 aromatic carbocycles. The van der Waals surface area contributed by atoms with Crippen LogP contribution in [0.25, 0.3) is 0 Å². The highest BCUT2D eigenvalue weighted by molar-refractivity contribution is 5.88. The average Bonchev–Trinajstić information content (AvgIpc) is 2.04.